The molecule has 0 N–H and O–H groups in total. The van der Waals surface area contributed by atoms with Gasteiger partial charge in [0.2, 0.25) is 0 Å². The molecule has 25 heavy (non-hydrogen) atoms. The minimum atomic E-state index is -3.11. The number of aromatic nitrogens is 1. The summed E-state index contributed by atoms with van der Waals surface area (Å²) >= 11 is 0. The number of rotatable bonds is 5. The third-order valence-electron chi connectivity index (χ3n) is 3.69. The Balaban J connectivity index is 1.83. The van der Waals surface area contributed by atoms with Gasteiger partial charge >= 0.3 is 12.7 Å². The molecule has 0 bridgehead atoms. The first kappa shape index (κ1) is 17.1. The summed E-state index contributed by atoms with van der Waals surface area (Å²) in [5.74, 6) is -1.41. The Morgan fingerprint density at radius 3 is 2.80 bits per heavy atom. The zero-order chi connectivity index (χ0) is 18.0. The SMILES string of the molecule is C[C@@H]1CN(Cc2cncc(-c3ccc(F)c(OC(F)F)c3)c2)C(=O)O1. The predicted molar refractivity (Wildman–Crippen MR) is 82.6 cm³/mol. The number of benzene rings is 1. The number of ether oxygens (including phenoxy) is 2. The van der Waals surface area contributed by atoms with Gasteiger partial charge in [-0.1, -0.05) is 6.07 Å². The van der Waals surface area contributed by atoms with Crippen LogP contribution in [0.3, 0.4) is 0 Å². The lowest BCUT2D eigenvalue weighted by Gasteiger charge is -2.13. The molecule has 1 aromatic carbocycles. The monoisotopic (exact) mass is 352 g/mol. The van der Waals surface area contributed by atoms with E-state index in [0.29, 0.717) is 24.2 Å². The summed E-state index contributed by atoms with van der Waals surface area (Å²) in [4.78, 5) is 17.3. The van der Waals surface area contributed by atoms with E-state index in [1.165, 1.54) is 18.3 Å². The summed E-state index contributed by atoms with van der Waals surface area (Å²) in [7, 11) is 0. The summed E-state index contributed by atoms with van der Waals surface area (Å²) in [5.41, 5.74) is 1.81. The van der Waals surface area contributed by atoms with Crippen molar-refractivity contribution < 1.29 is 27.4 Å². The number of hydrogen-bond donors (Lipinski definition) is 0. The van der Waals surface area contributed by atoms with Gasteiger partial charge in [0, 0.05) is 18.0 Å². The second-order valence-corrected chi connectivity index (χ2v) is 5.68. The Morgan fingerprint density at radius 1 is 1.32 bits per heavy atom. The number of halogens is 3. The van der Waals surface area contributed by atoms with E-state index in [0.717, 1.165) is 11.6 Å². The molecule has 1 aromatic heterocycles. The zero-order valence-corrected chi connectivity index (χ0v) is 13.3. The number of carbonyl (C=O) groups excluding carboxylic acids is 1. The summed E-state index contributed by atoms with van der Waals surface area (Å²) in [6, 6.07) is 5.44. The fourth-order valence-corrected chi connectivity index (χ4v) is 2.62. The van der Waals surface area contributed by atoms with Gasteiger partial charge in [-0.25, -0.2) is 9.18 Å². The van der Waals surface area contributed by atoms with Crippen molar-refractivity contribution in [2.45, 2.75) is 26.2 Å². The normalized spacial score (nSPS) is 17.1. The number of carbonyl (C=O) groups is 1. The summed E-state index contributed by atoms with van der Waals surface area (Å²) in [6.45, 7) is -0.523. The largest absolute Gasteiger partial charge is 0.444 e. The second-order valence-electron chi connectivity index (χ2n) is 5.68. The molecule has 2 aromatic rings. The summed E-state index contributed by atoms with van der Waals surface area (Å²) in [6.07, 6.45) is 2.55. The molecule has 1 saturated heterocycles. The van der Waals surface area contributed by atoms with Crippen LogP contribution >= 0.6 is 0 Å². The van der Waals surface area contributed by atoms with Crippen molar-refractivity contribution in [1.82, 2.24) is 9.88 Å². The molecule has 2 heterocycles. The van der Waals surface area contributed by atoms with Gasteiger partial charge in [-0.3, -0.25) is 4.98 Å². The minimum absolute atomic E-state index is 0.171. The molecule has 1 atom stereocenters. The summed E-state index contributed by atoms with van der Waals surface area (Å²) < 4.78 is 47.5. The van der Waals surface area contributed by atoms with E-state index in [2.05, 4.69) is 9.72 Å². The van der Waals surface area contributed by atoms with E-state index in [9.17, 15) is 18.0 Å². The van der Waals surface area contributed by atoms with Crippen molar-refractivity contribution in [3.63, 3.8) is 0 Å². The van der Waals surface area contributed by atoms with Crippen LogP contribution in [0.5, 0.6) is 5.75 Å². The van der Waals surface area contributed by atoms with Gasteiger partial charge in [0.25, 0.3) is 0 Å². The smallest absolute Gasteiger partial charge is 0.410 e. The molecule has 0 radical (unpaired) electrons. The van der Waals surface area contributed by atoms with Gasteiger partial charge in [0.1, 0.15) is 6.10 Å². The maximum absolute atomic E-state index is 13.5. The Bertz CT molecular complexity index is 785. The predicted octanol–water partition coefficient (Wildman–Crippen LogP) is 3.83. The molecule has 8 heteroatoms. The number of alkyl halides is 2. The van der Waals surface area contributed by atoms with E-state index in [1.807, 2.05) is 0 Å². The fraction of sp³-hybridized carbons (Fsp3) is 0.294. The highest BCUT2D eigenvalue weighted by Gasteiger charge is 2.28. The Hall–Kier alpha value is -2.77. The van der Waals surface area contributed by atoms with Crippen LogP contribution in [-0.4, -0.2) is 35.2 Å². The quantitative estimate of drug-likeness (QED) is 0.821. The molecule has 0 spiro atoms. The maximum Gasteiger partial charge on any atom is 0.410 e. The third-order valence-corrected chi connectivity index (χ3v) is 3.69. The van der Waals surface area contributed by atoms with Gasteiger partial charge < -0.3 is 14.4 Å². The van der Waals surface area contributed by atoms with Crippen LogP contribution in [0.15, 0.2) is 36.7 Å². The van der Waals surface area contributed by atoms with E-state index < -0.39 is 24.3 Å². The van der Waals surface area contributed by atoms with Crippen LogP contribution in [-0.2, 0) is 11.3 Å². The van der Waals surface area contributed by atoms with Crippen LogP contribution in [0.2, 0.25) is 0 Å². The third kappa shape index (κ3) is 4.01. The lowest BCUT2D eigenvalue weighted by Crippen LogP contribution is -2.24. The molecule has 3 rings (SSSR count). The first-order valence-electron chi connectivity index (χ1n) is 7.56. The van der Waals surface area contributed by atoms with Crippen molar-refractivity contribution in [2.24, 2.45) is 0 Å². The molecular formula is C17H15F3N2O3. The molecular weight excluding hydrogens is 337 g/mol. The Morgan fingerprint density at radius 2 is 2.12 bits per heavy atom. The highest BCUT2D eigenvalue weighted by molar-refractivity contribution is 5.70. The topological polar surface area (TPSA) is 51.7 Å². The van der Waals surface area contributed by atoms with E-state index in [1.54, 1.807) is 24.1 Å². The number of pyridine rings is 1. The van der Waals surface area contributed by atoms with Gasteiger partial charge in [-0.2, -0.15) is 8.78 Å². The van der Waals surface area contributed by atoms with Crippen molar-refractivity contribution in [3.05, 3.63) is 48.0 Å². The molecule has 1 aliphatic heterocycles. The van der Waals surface area contributed by atoms with Gasteiger partial charge in [0.15, 0.2) is 11.6 Å². The number of hydrogen-bond acceptors (Lipinski definition) is 4. The van der Waals surface area contributed by atoms with Crippen molar-refractivity contribution >= 4 is 6.09 Å². The zero-order valence-electron chi connectivity index (χ0n) is 13.3. The van der Waals surface area contributed by atoms with E-state index >= 15 is 0 Å². The molecule has 0 aliphatic carbocycles. The molecule has 1 aliphatic rings. The lowest BCUT2D eigenvalue weighted by atomic mass is 10.1. The standard InChI is InChI=1S/C17H15F3N2O3/c1-10-8-22(17(23)24-10)9-11-4-13(7-21-6-11)12-2-3-14(18)15(5-12)25-16(19)20/h2-7,10,16H,8-9H2,1H3/t10-/m1/s1. The fourth-order valence-electron chi connectivity index (χ4n) is 2.62. The highest BCUT2D eigenvalue weighted by Crippen LogP contribution is 2.28. The Kier molecular flexibility index (Phi) is 4.78. The number of cyclic esters (lactones) is 1. The van der Waals surface area contributed by atoms with E-state index in [-0.39, 0.29) is 6.10 Å². The van der Waals surface area contributed by atoms with Crippen molar-refractivity contribution in [3.8, 4) is 16.9 Å². The van der Waals surface area contributed by atoms with Crippen LogP contribution in [0.4, 0.5) is 18.0 Å². The molecule has 0 saturated carbocycles. The first-order valence-corrected chi connectivity index (χ1v) is 7.56. The van der Waals surface area contributed by atoms with Crippen molar-refractivity contribution in [1.29, 1.82) is 0 Å². The summed E-state index contributed by atoms with van der Waals surface area (Å²) in [5, 5.41) is 0. The average Bonchev–Trinajstić information content (AvgIpc) is 2.87. The first-order chi connectivity index (χ1) is 11.9. The maximum atomic E-state index is 13.5. The highest BCUT2D eigenvalue weighted by atomic mass is 19.3. The Labute approximate surface area is 142 Å². The molecule has 5 nitrogen and oxygen atoms in total. The van der Waals surface area contributed by atoms with Crippen LogP contribution in [0, 0.1) is 5.82 Å². The number of amides is 1. The van der Waals surface area contributed by atoms with Gasteiger partial charge in [0.05, 0.1) is 13.1 Å². The van der Waals surface area contributed by atoms with Gasteiger partial charge in [-0.15, -0.1) is 0 Å². The second kappa shape index (κ2) is 7.00. The van der Waals surface area contributed by atoms with Gasteiger partial charge in [-0.05, 0) is 36.2 Å². The average molecular weight is 352 g/mol. The molecule has 0 unspecified atom stereocenters. The van der Waals surface area contributed by atoms with Crippen LogP contribution < -0.4 is 4.74 Å². The van der Waals surface area contributed by atoms with E-state index in [4.69, 9.17) is 4.74 Å². The van der Waals surface area contributed by atoms with Crippen LogP contribution in [0.25, 0.3) is 11.1 Å². The molecule has 1 fully saturated rings. The minimum Gasteiger partial charge on any atom is -0.444 e. The van der Waals surface area contributed by atoms with Crippen LogP contribution in [0.1, 0.15) is 12.5 Å². The molecule has 1 amide bonds. The van der Waals surface area contributed by atoms with Crippen molar-refractivity contribution in [2.75, 3.05) is 6.54 Å². The number of nitrogens with zero attached hydrogens (tertiary/aromatic N) is 2. The lowest BCUT2D eigenvalue weighted by molar-refractivity contribution is -0.0521. The molecule has 132 valence electrons.